The number of likely N-dealkylation sites (N-methyl/N-ethyl adjacent to an activating group) is 1. The molecule has 2 heterocycles. The minimum absolute atomic E-state index is 0.0276. The van der Waals surface area contributed by atoms with Crippen LogP contribution in [0.1, 0.15) is 30.4 Å². The third-order valence-electron chi connectivity index (χ3n) is 6.06. The Kier molecular flexibility index (Phi) is 7.20. The van der Waals surface area contributed by atoms with Crippen LogP contribution in [0.3, 0.4) is 0 Å². The number of hydrogen-bond acceptors (Lipinski definition) is 6. The highest BCUT2D eigenvalue weighted by Crippen LogP contribution is 2.33. The lowest BCUT2D eigenvalue weighted by Crippen LogP contribution is -2.35. The molecule has 2 aliphatic rings. The molecular weight excluding hydrogens is 456 g/mol. The third-order valence-corrected chi connectivity index (χ3v) is 8.00. The Balaban J connectivity index is 1.38. The lowest BCUT2D eigenvalue weighted by Gasteiger charge is -2.26. The Morgan fingerprint density at radius 2 is 1.85 bits per heavy atom. The number of rotatable bonds is 7. The second kappa shape index (κ2) is 10.1. The molecule has 0 aliphatic carbocycles. The normalized spacial score (nSPS) is 16.5. The number of carbonyl (C=O) groups excluding carboxylic acids is 2. The molecular formula is C24H30N4O5S. The molecule has 0 unspecified atom stereocenters. The molecule has 2 amide bonds. The summed E-state index contributed by atoms with van der Waals surface area (Å²) in [7, 11) is -2.59. The average Bonchev–Trinajstić information content (AvgIpc) is 2.80. The number of hydrogen-bond donors (Lipinski definition) is 2. The Morgan fingerprint density at radius 1 is 1.15 bits per heavy atom. The van der Waals surface area contributed by atoms with E-state index in [2.05, 4.69) is 15.5 Å². The zero-order valence-electron chi connectivity index (χ0n) is 19.5. The molecule has 10 heteroatoms. The maximum Gasteiger partial charge on any atom is 0.262 e. The molecule has 0 atom stereocenters. The number of aryl methyl sites for hydroxylation is 1. The number of piperidine rings is 1. The summed E-state index contributed by atoms with van der Waals surface area (Å²) < 4.78 is 32.6. The van der Waals surface area contributed by atoms with Crippen molar-refractivity contribution < 1.29 is 22.7 Å². The number of ether oxygens (including phenoxy) is 1. The molecule has 2 aromatic rings. The van der Waals surface area contributed by atoms with Crippen LogP contribution in [0.25, 0.3) is 0 Å². The fourth-order valence-corrected chi connectivity index (χ4v) is 5.56. The summed E-state index contributed by atoms with van der Waals surface area (Å²) in [6, 6.07) is 10.6. The van der Waals surface area contributed by atoms with Gasteiger partial charge in [0.25, 0.3) is 5.91 Å². The highest BCUT2D eigenvalue weighted by atomic mass is 32.2. The number of sulfonamides is 1. The Morgan fingerprint density at radius 3 is 2.56 bits per heavy atom. The number of amides is 2. The van der Waals surface area contributed by atoms with Crippen LogP contribution in [0.5, 0.6) is 5.75 Å². The molecule has 1 fully saturated rings. The predicted octanol–water partition coefficient (Wildman–Crippen LogP) is 2.57. The first-order valence-electron chi connectivity index (χ1n) is 11.4. The molecule has 2 aliphatic heterocycles. The van der Waals surface area contributed by atoms with Gasteiger partial charge in [0, 0.05) is 25.3 Å². The largest absolute Gasteiger partial charge is 0.482 e. The minimum Gasteiger partial charge on any atom is -0.482 e. The molecule has 0 aromatic heterocycles. The van der Waals surface area contributed by atoms with Crippen molar-refractivity contribution in [2.75, 3.05) is 43.9 Å². The number of anilines is 2. The van der Waals surface area contributed by atoms with Gasteiger partial charge in [-0.25, -0.2) is 8.42 Å². The van der Waals surface area contributed by atoms with Gasteiger partial charge in [0.15, 0.2) is 6.61 Å². The highest BCUT2D eigenvalue weighted by molar-refractivity contribution is 7.89. The molecule has 0 bridgehead atoms. The van der Waals surface area contributed by atoms with Gasteiger partial charge in [-0.05, 0) is 62.2 Å². The molecule has 1 saturated heterocycles. The molecule has 9 nitrogen and oxygen atoms in total. The van der Waals surface area contributed by atoms with Crippen LogP contribution in [0.15, 0.2) is 41.3 Å². The zero-order chi connectivity index (χ0) is 24.3. The summed E-state index contributed by atoms with van der Waals surface area (Å²) in [4.78, 5) is 26.5. The molecule has 0 radical (unpaired) electrons. The van der Waals surface area contributed by atoms with Crippen LogP contribution in [-0.2, 0) is 26.2 Å². The van der Waals surface area contributed by atoms with Gasteiger partial charge in [0.1, 0.15) is 5.75 Å². The molecule has 2 aromatic carbocycles. The first-order chi connectivity index (χ1) is 16.2. The van der Waals surface area contributed by atoms with Gasteiger partial charge in [-0.3, -0.25) is 14.5 Å². The van der Waals surface area contributed by atoms with Gasteiger partial charge in [0.2, 0.25) is 15.9 Å². The first-order valence-corrected chi connectivity index (χ1v) is 12.8. The van der Waals surface area contributed by atoms with E-state index in [0.717, 1.165) is 23.9 Å². The number of nitrogens with zero attached hydrogens (tertiary/aromatic N) is 2. The van der Waals surface area contributed by atoms with Gasteiger partial charge in [-0.2, -0.15) is 4.31 Å². The zero-order valence-corrected chi connectivity index (χ0v) is 20.3. The average molecular weight is 487 g/mol. The SMILES string of the molecule is Cc1cc2c(cc1S(=O)(=O)N(C)CC(=O)Nc1ccc(CN3CCCCC3)cc1)OCC(=O)N2. The van der Waals surface area contributed by atoms with Gasteiger partial charge >= 0.3 is 0 Å². The Labute approximate surface area is 200 Å². The van der Waals surface area contributed by atoms with E-state index in [-0.39, 0.29) is 29.7 Å². The number of fused-ring (bicyclic) bond motifs is 1. The van der Waals surface area contributed by atoms with E-state index >= 15 is 0 Å². The second-order valence-corrected chi connectivity index (χ2v) is 10.8. The molecule has 34 heavy (non-hydrogen) atoms. The number of nitrogens with one attached hydrogen (secondary N) is 2. The van der Waals surface area contributed by atoms with E-state index in [1.165, 1.54) is 37.9 Å². The van der Waals surface area contributed by atoms with E-state index in [1.807, 2.05) is 24.3 Å². The summed E-state index contributed by atoms with van der Waals surface area (Å²) in [6.45, 7) is 4.24. The summed E-state index contributed by atoms with van der Waals surface area (Å²) in [5.41, 5.74) is 2.67. The van der Waals surface area contributed by atoms with Gasteiger partial charge < -0.3 is 15.4 Å². The molecule has 4 rings (SSSR count). The van der Waals surface area contributed by atoms with Gasteiger partial charge in [0.05, 0.1) is 17.1 Å². The van der Waals surface area contributed by atoms with Crippen molar-refractivity contribution in [2.24, 2.45) is 0 Å². The molecule has 2 N–H and O–H groups in total. The lowest BCUT2D eigenvalue weighted by molar-refractivity contribution is -0.118. The van der Waals surface area contributed by atoms with E-state index < -0.39 is 15.9 Å². The number of carbonyl (C=O) groups is 2. The van der Waals surface area contributed by atoms with Crippen LogP contribution >= 0.6 is 0 Å². The number of benzene rings is 2. The summed E-state index contributed by atoms with van der Waals surface area (Å²) in [6.07, 6.45) is 3.77. The maximum atomic E-state index is 13.1. The van der Waals surface area contributed by atoms with Crippen molar-refractivity contribution in [3.63, 3.8) is 0 Å². The van der Waals surface area contributed by atoms with Crippen LogP contribution in [0.4, 0.5) is 11.4 Å². The summed E-state index contributed by atoms with van der Waals surface area (Å²) in [5.74, 6) is -0.448. The van der Waals surface area contributed by atoms with Crippen LogP contribution in [-0.4, -0.2) is 62.7 Å². The molecule has 0 spiro atoms. The van der Waals surface area contributed by atoms with E-state index in [1.54, 1.807) is 13.0 Å². The number of likely N-dealkylation sites (tertiary alicyclic amines) is 1. The van der Waals surface area contributed by atoms with Crippen LogP contribution in [0.2, 0.25) is 0 Å². The summed E-state index contributed by atoms with van der Waals surface area (Å²) in [5, 5.41) is 5.42. The van der Waals surface area contributed by atoms with Crippen molar-refractivity contribution in [1.29, 1.82) is 0 Å². The Hall–Kier alpha value is -2.95. The van der Waals surface area contributed by atoms with Crippen LogP contribution in [0, 0.1) is 6.92 Å². The highest BCUT2D eigenvalue weighted by Gasteiger charge is 2.28. The predicted molar refractivity (Wildman–Crippen MR) is 129 cm³/mol. The van der Waals surface area contributed by atoms with Crippen molar-refractivity contribution in [3.05, 3.63) is 47.5 Å². The van der Waals surface area contributed by atoms with Crippen LogP contribution < -0.4 is 15.4 Å². The van der Waals surface area contributed by atoms with E-state index in [9.17, 15) is 18.0 Å². The summed E-state index contributed by atoms with van der Waals surface area (Å²) >= 11 is 0. The topological polar surface area (TPSA) is 108 Å². The minimum atomic E-state index is -3.95. The van der Waals surface area contributed by atoms with Crippen molar-refractivity contribution in [3.8, 4) is 5.75 Å². The smallest absolute Gasteiger partial charge is 0.262 e. The second-order valence-electron chi connectivity index (χ2n) is 8.79. The standard InChI is InChI=1S/C24H30N4O5S/c1-17-12-20-21(33-16-24(30)26-20)13-22(17)34(31,32)27(2)15-23(29)25-19-8-6-18(7-9-19)14-28-10-4-3-5-11-28/h6-9,12-13H,3-5,10-11,14-16H2,1-2H3,(H,25,29)(H,26,30). The molecule has 0 saturated carbocycles. The third kappa shape index (κ3) is 5.57. The van der Waals surface area contributed by atoms with Gasteiger partial charge in [-0.1, -0.05) is 18.6 Å². The van der Waals surface area contributed by atoms with Crippen molar-refractivity contribution in [2.45, 2.75) is 37.6 Å². The van der Waals surface area contributed by atoms with Gasteiger partial charge in [-0.15, -0.1) is 0 Å². The van der Waals surface area contributed by atoms with Crippen molar-refractivity contribution >= 4 is 33.2 Å². The fraction of sp³-hybridized carbons (Fsp3) is 0.417. The van der Waals surface area contributed by atoms with Crippen molar-refractivity contribution in [1.82, 2.24) is 9.21 Å². The van der Waals surface area contributed by atoms with E-state index in [4.69, 9.17) is 4.74 Å². The first kappa shape index (κ1) is 24.2. The maximum absolute atomic E-state index is 13.1. The quantitative estimate of drug-likeness (QED) is 0.623. The fourth-order valence-electron chi connectivity index (χ4n) is 4.22. The molecule has 182 valence electrons. The monoisotopic (exact) mass is 486 g/mol. The van der Waals surface area contributed by atoms with E-state index in [0.29, 0.717) is 16.9 Å². The Bertz CT molecular complexity index is 1170. The lowest BCUT2D eigenvalue weighted by atomic mass is 10.1.